The number of rotatable bonds is 4. The predicted octanol–water partition coefficient (Wildman–Crippen LogP) is 2.68. The number of benzene rings is 1. The molecule has 1 aromatic carbocycles. The SMILES string of the molecule is COc1cc(-c2onc(N3[C@@H]4CC[C@H]3CC(O)C4)c2C(=O)O)ccc1F. The molecule has 1 unspecified atom stereocenters. The van der Waals surface area contributed by atoms with Gasteiger partial charge in [0.1, 0.15) is 0 Å². The lowest BCUT2D eigenvalue weighted by Crippen LogP contribution is -2.45. The molecule has 0 amide bonds. The van der Waals surface area contributed by atoms with E-state index in [1.54, 1.807) is 0 Å². The van der Waals surface area contributed by atoms with Crippen molar-refractivity contribution < 1.29 is 28.7 Å². The number of carboxylic acids is 1. The molecule has 2 bridgehead atoms. The van der Waals surface area contributed by atoms with Gasteiger partial charge in [-0.3, -0.25) is 0 Å². The van der Waals surface area contributed by atoms with Crippen molar-refractivity contribution in [3.8, 4) is 17.1 Å². The molecule has 1 aromatic heterocycles. The molecule has 2 saturated heterocycles. The smallest absolute Gasteiger partial charge is 0.343 e. The lowest BCUT2D eigenvalue weighted by Gasteiger charge is -2.37. The second-order valence-electron chi connectivity index (χ2n) is 6.78. The molecule has 138 valence electrons. The van der Waals surface area contributed by atoms with Crippen molar-refractivity contribution in [3.63, 3.8) is 0 Å². The number of hydrogen-bond donors (Lipinski definition) is 2. The Morgan fingerprint density at radius 3 is 2.65 bits per heavy atom. The highest BCUT2D eigenvalue weighted by molar-refractivity contribution is 5.99. The van der Waals surface area contributed by atoms with Gasteiger partial charge in [-0.2, -0.15) is 0 Å². The van der Waals surface area contributed by atoms with Gasteiger partial charge in [0.2, 0.25) is 0 Å². The first-order chi connectivity index (χ1) is 12.5. The van der Waals surface area contributed by atoms with Gasteiger partial charge in [0, 0.05) is 17.6 Å². The van der Waals surface area contributed by atoms with Gasteiger partial charge in [-0.1, -0.05) is 5.16 Å². The Morgan fingerprint density at radius 1 is 1.35 bits per heavy atom. The molecule has 2 aliphatic rings. The zero-order chi connectivity index (χ0) is 18.4. The van der Waals surface area contributed by atoms with Gasteiger partial charge in [0.15, 0.2) is 28.7 Å². The maximum absolute atomic E-state index is 13.7. The van der Waals surface area contributed by atoms with Crippen LogP contribution in [0.5, 0.6) is 5.75 Å². The summed E-state index contributed by atoms with van der Waals surface area (Å²) < 4.78 is 24.0. The van der Waals surface area contributed by atoms with Crippen LogP contribution in [-0.4, -0.2) is 46.6 Å². The highest BCUT2D eigenvalue weighted by Crippen LogP contribution is 2.42. The van der Waals surface area contributed by atoms with Crippen LogP contribution < -0.4 is 9.64 Å². The minimum atomic E-state index is -1.16. The van der Waals surface area contributed by atoms with Crippen molar-refractivity contribution in [2.24, 2.45) is 0 Å². The molecule has 2 fully saturated rings. The summed E-state index contributed by atoms with van der Waals surface area (Å²) >= 11 is 0. The molecule has 8 heteroatoms. The zero-order valence-electron chi connectivity index (χ0n) is 14.2. The third-order valence-corrected chi connectivity index (χ3v) is 5.25. The minimum absolute atomic E-state index is 0.00190. The Labute approximate surface area is 149 Å². The number of nitrogens with zero attached hydrogens (tertiary/aromatic N) is 2. The number of aromatic carboxylic acids is 1. The summed E-state index contributed by atoms with van der Waals surface area (Å²) in [4.78, 5) is 13.9. The Bertz CT molecular complexity index is 838. The van der Waals surface area contributed by atoms with Crippen LogP contribution in [0, 0.1) is 5.82 Å². The number of carbonyl (C=O) groups is 1. The highest BCUT2D eigenvalue weighted by atomic mass is 19.1. The summed E-state index contributed by atoms with van der Waals surface area (Å²) in [6.45, 7) is 0. The van der Waals surface area contributed by atoms with E-state index in [-0.39, 0.29) is 41.1 Å². The number of piperidine rings is 1. The summed E-state index contributed by atoms with van der Waals surface area (Å²) in [6.07, 6.45) is 2.56. The molecule has 2 aromatic rings. The number of methoxy groups -OCH3 is 1. The second kappa shape index (κ2) is 6.28. The van der Waals surface area contributed by atoms with E-state index in [0.717, 1.165) is 12.8 Å². The van der Waals surface area contributed by atoms with Gasteiger partial charge in [-0.25, -0.2) is 9.18 Å². The quantitative estimate of drug-likeness (QED) is 0.863. The second-order valence-corrected chi connectivity index (χ2v) is 6.78. The average Bonchev–Trinajstić information content (AvgIpc) is 3.14. The van der Waals surface area contributed by atoms with Crippen molar-refractivity contribution in [1.82, 2.24) is 5.16 Å². The molecule has 2 N–H and O–H groups in total. The van der Waals surface area contributed by atoms with E-state index in [4.69, 9.17) is 9.26 Å². The number of aromatic nitrogens is 1. The van der Waals surface area contributed by atoms with Gasteiger partial charge >= 0.3 is 5.97 Å². The van der Waals surface area contributed by atoms with E-state index in [1.165, 1.54) is 25.3 Å². The fourth-order valence-corrected chi connectivity index (χ4v) is 4.14. The van der Waals surface area contributed by atoms with Crippen LogP contribution in [-0.2, 0) is 0 Å². The lowest BCUT2D eigenvalue weighted by molar-refractivity contribution is 0.0697. The lowest BCUT2D eigenvalue weighted by atomic mass is 9.99. The predicted molar refractivity (Wildman–Crippen MR) is 89.9 cm³/mol. The third kappa shape index (κ3) is 2.61. The molecule has 3 heterocycles. The summed E-state index contributed by atoms with van der Waals surface area (Å²) in [5.41, 5.74) is 0.329. The fourth-order valence-electron chi connectivity index (χ4n) is 4.14. The zero-order valence-corrected chi connectivity index (χ0v) is 14.2. The Balaban J connectivity index is 1.79. The molecule has 7 nitrogen and oxygen atoms in total. The van der Waals surface area contributed by atoms with Crippen LogP contribution in [0.2, 0.25) is 0 Å². The molecule has 0 spiro atoms. The number of halogens is 1. The maximum atomic E-state index is 13.7. The first kappa shape index (κ1) is 16.8. The topological polar surface area (TPSA) is 96.0 Å². The molecule has 0 aliphatic carbocycles. The van der Waals surface area contributed by atoms with Crippen LogP contribution in [0.15, 0.2) is 22.7 Å². The standard InChI is InChI=1S/C18H19FN2O5/c1-25-14-6-9(2-5-13(14)19)16-15(18(23)24)17(20-26-16)21-10-3-4-11(21)8-12(22)7-10/h2,5-6,10-12,22H,3-4,7-8H2,1H3,(H,23,24)/t10-,11+,12?. The van der Waals surface area contributed by atoms with Gasteiger partial charge in [-0.05, 0) is 43.9 Å². The van der Waals surface area contributed by atoms with Gasteiger partial charge in [0.25, 0.3) is 0 Å². The minimum Gasteiger partial charge on any atom is -0.494 e. The van der Waals surface area contributed by atoms with Crippen LogP contribution in [0.3, 0.4) is 0 Å². The Morgan fingerprint density at radius 2 is 2.04 bits per heavy atom. The van der Waals surface area contributed by atoms with E-state index in [2.05, 4.69) is 5.16 Å². The van der Waals surface area contributed by atoms with Crippen LogP contribution >= 0.6 is 0 Å². The van der Waals surface area contributed by atoms with Crippen LogP contribution in [0.4, 0.5) is 10.2 Å². The highest BCUT2D eigenvalue weighted by Gasteiger charge is 2.44. The van der Waals surface area contributed by atoms with E-state index < -0.39 is 11.8 Å². The Hall–Kier alpha value is -2.61. The third-order valence-electron chi connectivity index (χ3n) is 5.25. The number of hydrogen-bond acceptors (Lipinski definition) is 6. The summed E-state index contributed by atoms with van der Waals surface area (Å²) in [7, 11) is 1.34. The fraction of sp³-hybridized carbons (Fsp3) is 0.444. The van der Waals surface area contributed by atoms with Crippen LogP contribution in [0.25, 0.3) is 11.3 Å². The van der Waals surface area contributed by atoms with Crippen LogP contribution in [0.1, 0.15) is 36.0 Å². The monoisotopic (exact) mass is 362 g/mol. The van der Waals surface area contributed by atoms with Gasteiger partial charge in [-0.15, -0.1) is 0 Å². The number of aliphatic hydroxyl groups excluding tert-OH is 1. The van der Waals surface area contributed by atoms with E-state index >= 15 is 0 Å². The van der Waals surface area contributed by atoms with Gasteiger partial charge < -0.3 is 24.4 Å². The largest absolute Gasteiger partial charge is 0.494 e. The molecule has 4 rings (SSSR count). The summed E-state index contributed by atoms with van der Waals surface area (Å²) in [5, 5.41) is 23.8. The molecule has 3 atom stereocenters. The first-order valence-electron chi connectivity index (χ1n) is 8.53. The van der Waals surface area contributed by atoms with Crippen molar-refractivity contribution in [3.05, 3.63) is 29.6 Å². The molecule has 2 aliphatic heterocycles. The van der Waals surface area contributed by atoms with Gasteiger partial charge in [0.05, 0.1) is 13.2 Å². The molecule has 0 radical (unpaired) electrons. The average molecular weight is 362 g/mol. The number of carboxylic acid groups (broad SMARTS) is 1. The number of fused-ring (bicyclic) bond motifs is 2. The van der Waals surface area contributed by atoms with Crippen molar-refractivity contribution in [1.29, 1.82) is 0 Å². The molecule has 26 heavy (non-hydrogen) atoms. The van der Waals surface area contributed by atoms with E-state index in [0.29, 0.717) is 18.4 Å². The summed E-state index contributed by atoms with van der Waals surface area (Å²) in [5.74, 6) is -1.37. The molecule has 0 saturated carbocycles. The number of anilines is 1. The van der Waals surface area contributed by atoms with Crippen molar-refractivity contribution >= 4 is 11.8 Å². The normalized spacial score (nSPS) is 24.7. The Kier molecular flexibility index (Phi) is 4.07. The summed E-state index contributed by atoms with van der Waals surface area (Å²) in [6, 6.07) is 4.11. The maximum Gasteiger partial charge on any atom is 0.343 e. The molecular weight excluding hydrogens is 343 g/mol. The first-order valence-corrected chi connectivity index (χ1v) is 8.53. The molecular formula is C18H19FN2O5. The number of ether oxygens (including phenoxy) is 1. The van der Waals surface area contributed by atoms with E-state index in [1.807, 2.05) is 4.90 Å². The van der Waals surface area contributed by atoms with E-state index in [9.17, 15) is 19.4 Å². The number of aliphatic hydroxyl groups is 1. The van der Waals surface area contributed by atoms with Crippen molar-refractivity contribution in [2.45, 2.75) is 43.9 Å². The van der Waals surface area contributed by atoms with Crippen molar-refractivity contribution in [2.75, 3.05) is 12.0 Å².